The van der Waals surface area contributed by atoms with Gasteiger partial charge in [-0.05, 0) is 87.4 Å². The number of ether oxygens (including phenoxy) is 5. The number of nitrogens with zero attached hydrogens (tertiary/aromatic N) is 2. The average Bonchev–Trinajstić information content (AvgIpc) is 3.06. The Morgan fingerprint density at radius 1 is 0.978 bits per heavy atom. The van der Waals surface area contributed by atoms with Crippen molar-refractivity contribution < 1.29 is 33.6 Å². The third kappa shape index (κ3) is 17.5. The van der Waals surface area contributed by atoms with Crippen LogP contribution in [0.15, 0.2) is 36.4 Å². The van der Waals surface area contributed by atoms with Crippen molar-refractivity contribution in [1.82, 2.24) is 9.88 Å². The zero-order valence-electron chi connectivity index (χ0n) is 27.4. The second kappa shape index (κ2) is 25.4. The number of carbonyl (C=O) groups is 1. The van der Waals surface area contributed by atoms with Crippen molar-refractivity contribution in [3.63, 3.8) is 0 Å². The van der Waals surface area contributed by atoms with Crippen LogP contribution in [0, 0.1) is 0 Å². The summed E-state index contributed by atoms with van der Waals surface area (Å²) in [7, 11) is 2.23. The number of fused-ring (bicyclic) bond motifs is 1. The van der Waals surface area contributed by atoms with Gasteiger partial charge in [0, 0.05) is 25.3 Å². The van der Waals surface area contributed by atoms with E-state index in [0.717, 1.165) is 56.9 Å². The van der Waals surface area contributed by atoms with Gasteiger partial charge in [0.25, 0.3) is 6.47 Å². The van der Waals surface area contributed by atoms with E-state index in [0.29, 0.717) is 71.9 Å². The molecule has 1 atom stereocenters. The van der Waals surface area contributed by atoms with E-state index in [1.54, 1.807) is 0 Å². The molecule has 2 heterocycles. The maximum Gasteiger partial charge on any atom is 0.290 e. The standard InChI is InChI=1S/C33H54N4O5.CH2O2/c1-3-28(27-37(2)16-5-4-10-31-13-12-29-9-7-15-35-33(29)36-31)30-8-6-11-32(26-30)42-25-24-41-23-22-40-21-20-39-19-18-38-17-14-34;2-1-3/h6,8,11-13,26,28H,3-5,7,9-10,14-25,27,34H2,1-2H3,(H,35,36);1H,(H,2,3). The summed E-state index contributed by atoms with van der Waals surface area (Å²) < 4.78 is 27.8. The lowest BCUT2D eigenvalue weighted by molar-refractivity contribution is -0.122. The monoisotopic (exact) mass is 632 g/mol. The number of hydrogen-bond acceptors (Lipinski definition) is 10. The number of aromatic nitrogens is 1. The van der Waals surface area contributed by atoms with Gasteiger partial charge in [-0.3, -0.25) is 4.79 Å². The number of nitrogens with two attached hydrogens (primary N) is 1. The van der Waals surface area contributed by atoms with Crippen molar-refractivity contribution >= 4 is 12.3 Å². The summed E-state index contributed by atoms with van der Waals surface area (Å²) in [6.07, 6.45) is 6.81. The molecule has 4 N–H and O–H groups in total. The summed E-state index contributed by atoms with van der Waals surface area (Å²) in [6.45, 7) is 10.6. The zero-order valence-corrected chi connectivity index (χ0v) is 27.4. The lowest BCUT2D eigenvalue weighted by Crippen LogP contribution is -2.25. The van der Waals surface area contributed by atoms with Crippen molar-refractivity contribution in [3.8, 4) is 5.75 Å². The molecule has 0 aliphatic carbocycles. The number of rotatable bonds is 24. The Labute approximate surface area is 269 Å². The number of hydrogen-bond donors (Lipinski definition) is 3. The molecule has 0 radical (unpaired) electrons. The smallest absolute Gasteiger partial charge is 0.290 e. The molecule has 0 fully saturated rings. The minimum Gasteiger partial charge on any atom is -0.491 e. The minimum absolute atomic E-state index is 0.250. The third-order valence-electron chi connectivity index (χ3n) is 7.40. The van der Waals surface area contributed by atoms with Gasteiger partial charge < -0.3 is 44.7 Å². The Morgan fingerprint density at radius 2 is 1.64 bits per heavy atom. The maximum absolute atomic E-state index is 8.36. The molecule has 1 aromatic carbocycles. The van der Waals surface area contributed by atoms with E-state index in [-0.39, 0.29) is 6.47 Å². The summed E-state index contributed by atoms with van der Waals surface area (Å²) in [5.41, 5.74) is 9.26. The fraction of sp³-hybridized carbons (Fsp3) is 0.647. The predicted octanol–water partition coefficient (Wildman–Crippen LogP) is 3.99. The van der Waals surface area contributed by atoms with Gasteiger partial charge in [-0.2, -0.15) is 0 Å². The van der Waals surface area contributed by atoms with Gasteiger partial charge in [0.15, 0.2) is 0 Å². The molecule has 11 nitrogen and oxygen atoms in total. The van der Waals surface area contributed by atoms with Gasteiger partial charge >= 0.3 is 0 Å². The van der Waals surface area contributed by atoms with Crippen LogP contribution in [-0.2, 0) is 36.6 Å². The minimum atomic E-state index is -0.250. The van der Waals surface area contributed by atoms with Gasteiger partial charge in [0.1, 0.15) is 18.2 Å². The first kappa shape index (κ1) is 38.4. The fourth-order valence-corrected chi connectivity index (χ4v) is 5.06. The van der Waals surface area contributed by atoms with Crippen LogP contribution in [-0.4, -0.2) is 114 Å². The normalized spacial score (nSPS) is 13.0. The second-order valence-corrected chi connectivity index (χ2v) is 10.9. The highest BCUT2D eigenvalue weighted by Crippen LogP contribution is 2.25. The number of nitrogens with one attached hydrogen (secondary N) is 1. The molecular formula is C34H56N4O7. The van der Waals surface area contributed by atoms with Crippen LogP contribution < -0.4 is 15.8 Å². The summed E-state index contributed by atoms with van der Waals surface area (Å²) in [4.78, 5) is 15.7. The number of aryl methyl sites for hydroxylation is 2. The molecule has 2 aromatic rings. The number of benzene rings is 1. The van der Waals surface area contributed by atoms with E-state index in [2.05, 4.69) is 54.5 Å². The number of unbranched alkanes of at least 4 members (excludes halogenated alkanes) is 1. The van der Waals surface area contributed by atoms with Crippen molar-refractivity contribution in [3.05, 3.63) is 53.2 Å². The molecule has 0 saturated carbocycles. The molecule has 0 saturated heterocycles. The third-order valence-corrected chi connectivity index (χ3v) is 7.40. The van der Waals surface area contributed by atoms with E-state index in [1.165, 1.54) is 29.7 Å². The van der Waals surface area contributed by atoms with Crippen LogP contribution in [0.1, 0.15) is 55.3 Å². The number of likely N-dealkylation sites (N-methyl/N-ethyl adjacent to an activating group) is 1. The molecular weight excluding hydrogens is 576 g/mol. The Kier molecular flexibility index (Phi) is 21.7. The summed E-state index contributed by atoms with van der Waals surface area (Å²) >= 11 is 0. The molecule has 0 amide bonds. The molecule has 3 rings (SSSR count). The highest BCUT2D eigenvalue weighted by molar-refractivity contribution is 5.47. The summed E-state index contributed by atoms with van der Waals surface area (Å²) in [6, 6.07) is 13.0. The molecule has 254 valence electrons. The van der Waals surface area contributed by atoms with Crippen LogP contribution >= 0.6 is 0 Å². The van der Waals surface area contributed by atoms with Crippen LogP contribution in [0.25, 0.3) is 0 Å². The van der Waals surface area contributed by atoms with Crippen molar-refractivity contribution in [1.29, 1.82) is 0 Å². The predicted molar refractivity (Wildman–Crippen MR) is 177 cm³/mol. The maximum atomic E-state index is 8.36. The van der Waals surface area contributed by atoms with E-state index in [4.69, 9.17) is 44.3 Å². The Balaban J connectivity index is 0.00000226. The molecule has 1 unspecified atom stereocenters. The number of carboxylic acid groups (broad SMARTS) is 1. The molecule has 1 aromatic heterocycles. The largest absolute Gasteiger partial charge is 0.491 e. The van der Waals surface area contributed by atoms with Crippen LogP contribution in [0.5, 0.6) is 5.75 Å². The Morgan fingerprint density at radius 3 is 2.31 bits per heavy atom. The molecule has 0 spiro atoms. The van der Waals surface area contributed by atoms with Crippen molar-refractivity contribution in [2.45, 2.75) is 51.4 Å². The molecule has 11 heteroatoms. The van der Waals surface area contributed by atoms with E-state index in [9.17, 15) is 0 Å². The molecule has 1 aliphatic heterocycles. The van der Waals surface area contributed by atoms with Gasteiger partial charge in [-0.25, -0.2) is 4.98 Å². The average molecular weight is 633 g/mol. The van der Waals surface area contributed by atoms with Gasteiger partial charge in [-0.15, -0.1) is 0 Å². The topological polar surface area (TPSA) is 138 Å². The first-order chi connectivity index (χ1) is 22.1. The van der Waals surface area contributed by atoms with E-state index in [1.807, 2.05) is 6.07 Å². The summed E-state index contributed by atoms with van der Waals surface area (Å²) in [5.74, 6) is 2.47. The number of pyridine rings is 1. The number of anilines is 1. The van der Waals surface area contributed by atoms with E-state index < -0.39 is 0 Å². The molecule has 1 aliphatic rings. The van der Waals surface area contributed by atoms with Crippen molar-refractivity contribution in [2.24, 2.45) is 5.73 Å². The fourth-order valence-electron chi connectivity index (χ4n) is 5.06. The second-order valence-electron chi connectivity index (χ2n) is 10.9. The molecule has 45 heavy (non-hydrogen) atoms. The summed E-state index contributed by atoms with van der Waals surface area (Å²) in [5, 5.41) is 10.3. The van der Waals surface area contributed by atoms with Gasteiger partial charge in [0.2, 0.25) is 0 Å². The lowest BCUT2D eigenvalue weighted by atomic mass is 9.95. The molecule has 0 bridgehead atoms. The Hall–Kier alpha value is -2.80. The van der Waals surface area contributed by atoms with Crippen LogP contribution in [0.4, 0.5) is 5.82 Å². The van der Waals surface area contributed by atoms with Gasteiger partial charge in [-0.1, -0.05) is 25.1 Å². The highest BCUT2D eigenvalue weighted by Gasteiger charge is 2.14. The first-order valence-electron chi connectivity index (χ1n) is 16.3. The zero-order chi connectivity index (χ0) is 32.4. The van der Waals surface area contributed by atoms with Crippen molar-refractivity contribution in [2.75, 3.05) is 98.0 Å². The van der Waals surface area contributed by atoms with E-state index >= 15 is 0 Å². The van der Waals surface area contributed by atoms with Crippen LogP contribution in [0.2, 0.25) is 0 Å². The lowest BCUT2D eigenvalue weighted by Gasteiger charge is -2.24. The van der Waals surface area contributed by atoms with Crippen LogP contribution in [0.3, 0.4) is 0 Å². The SMILES string of the molecule is CCC(CN(C)CCCCc1ccc2c(n1)NCCC2)c1cccc(OCCOCCOCCOCCOCCN)c1.O=CO. The quantitative estimate of drug-likeness (QED) is 0.114. The highest BCUT2D eigenvalue weighted by atomic mass is 16.6. The van der Waals surface area contributed by atoms with Gasteiger partial charge in [0.05, 0.1) is 52.9 Å². The Bertz CT molecular complexity index is 1030. The first-order valence-corrected chi connectivity index (χ1v) is 16.3.